The lowest BCUT2D eigenvalue weighted by Crippen LogP contribution is -2.33. The lowest BCUT2D eigenvalue weighted by Gasteiger charge is -2.23. The number of hydrogen-bond acceptors (Lipinski definition) is 5. The zero-order valence-electron chi connectivity index (χ0n) is 11.2. The van der Waals surface area contributed by atoms with Crippen molar-refractivity contribution in [3.05, 3.63) is 11.8 Å². The van der Waals surface area contributed by atoms with Crippen molar-refractivity contribution in [3.8, 4) is 0 Å². The van der Waals surface area contributed by atoms with Gasteiger partial charge in [0.15, 0.2) is 0 Å². The molecule has 1 aromatic rings. The van der Waals surface area contributed by atoms with Crippen LogP contribution in [-0.2, 0) is 0 Å². The normalized spacial score (nSPS) is 19.3. The van der Waals surface area contributed by atoms with E-state index in [9.17, 15) is 5.11 Å². The van der Waals surface area contributed by atoms with Crippen molar-refractivity contribution in [2.75, 3.05) is 29.9 Å². The van der Waals surface area contributed by atoms with Crippen LogP contribution in [-0.4, -0.2) is 40.8 Å². The summed E-state index contributed by atoms with van der Waals surface area (Å²) in [5.41, 5.74) is 1.06. The van der Waals surface area contributed by atoms with E-state index >= 15 is 0 Å². The molecule has 2 heterocycles. The smallest absolute Gasteiger partial charge is 0.227 e. The first-order valence-corrected chi connectivity index (χ1v) is 6.71. The van der Waals surface area contributed by atoms with E-state index < -0.39 is 0 Å². The van der Waals surface area contributed by atoms with Gasteiger partial charge in [0.05, 0.1) is 12.6 Å². The molecule has 0 radical (unpaired) electrons. The van der Waals surface area contributed by atoms with Gasteiger partial charge in [-0.05, 0) is 26.2 Å². The summed E-state index contributed by atoms with van der Waals surface area (Å²) in [6, 6.07) is 0.173. The first-order chi connectivity index (χ1) is 8.76. The highest BCUT2D eigenvalue weighted by Gasteiger charge is 2.26. The van der Waals surface area contributed by atoms with E-state index in [1.807, 2.05) is 13.1 Å². The number of hydrogen-bond donors (Lipinski definition) is 2. The predicted octanol–water partition coefficient (Wildman–Crippen LogP) is 1.57. The number of nitrogens with zero attached hydrogens (tertiary/aromatic N) is 3. The minimum absolute atomic E-state index is 0.173. The second-order valence-electron chi connectivity index (χ2n) is 4.80. The van der Waals surface area contributed by atoms with Gasteiger partial charge in [-0.2, -0.15) is 4.98 Å². The van der Waals surface area contributed by atoms with Crippen LogP contribution in [0.1, 0.15) is 31.7 Å². The predicted molar refractivity (Wildman–Crippen MR) is 73.0 cm³/mol. The van der Waals surface area contributed by atoms with Gasteiger partial charge in [0, 0.05) is 24.8 Å². The average Bonchev–Trinajstić information content (AvgIpc) is 2.86. The van der Waals surface area contributed by atoms with E-state index in [1.54, 1.807) is 0 Å². The molecule has 0 amide bonds. The van der Waals surface area contributed by atoms with Gasteiger partial charge in [0.1, 0.15) is 5.82 Å². The number of rotatable bonds is 5. The maximum absolute atomic E-state index is 9.35. The fraction of sp³-hybridized carbons (Fsp3) is 0.692. The molecule has 18 heavy (non-hydrogen) atoms. The highest BCUT2D eigenvalue weighted by molar-refractivity contribution is 5.48. The zero-order valence-corrected chi connectivity index (χ0v) is 11.2. The van der Waals surface area contributed by atoms with Gasteiger partial charge in [0.2, 0.25) is 5.95 Å². The molecule has 1 aromatic heterocycles. The van der Waals surface area contributed by atoms with E-state index in [-0.39, 0.29) is 12.6 Å². The SMILES string of the molecule is CCCNc1nc(N2CCCC2CO)ncc1C. The standard InChI is InChI=1S/C13H22N4O/c1-3-6-14-12-10(2)8-15-13(16-12)17-7-4-5-11(17)9-18/h8,11,18H,3-7,9H2,1-2H3,(H,14,15,16). The molecule has 0 spiro atoms. The van der Waals surface area contributed by atoms with Crippen molar-refractivity contribution in [2.24, 2.45) is 0 Å². The summed E-state index contributed by atoms with van der Waals surface area (Å²) in [7, 11) is 0. The number of aromatic nitrogens is 2. The van der Waals surface area contributed by atoms with Gasteiger partial charge in [-0.1, -0.05) is 6.92 Å². The Hall–Kier alpha value is -1.36. The number of aliphatic hydroxyl groups is 1. The van der Waals surface area contributed by atoms with Crippen LogP contribution in [0, 0.1) is 6.92 Å². The second kappa shape index (κ2) is 6.00. The fourth-order valence-corrected chi connectivity index (χ4v) is 2.28. The molecular weight excluding hydrogens is 228 g/mol. The van der Waals surface area contributed by atoms with Crippen molar-refractivity contribution in [2.45, 2.75) is 39.2 Å². The van der Waals surface area contributed by atoms with E-state index in [2.05, 4.69) is 27.1 Å². The van der Waals surface area contributed by atoms with Crippen molar-refractivity contribution in [1.29, 1.82) is 0 Å². The molecule has 0 bridgehead atoms. The zero-order chi connectivity index (χ0) is 13.0. The highest BCUT2D eigenvalue weighted by Crippen LogP contribution is 2.23. The molecule has 1 unspecified atom stereocenters. The maximum Gasteiger partial charge on any atom is 0.227 e. The molecule has 0 aliphatic carbocycles. The third-order valence-corrected chi connectivity index (χ3v) is 3.35. The van der Waals surface area contributed by atoms with Gasteiger partial charge in [-0.3, -0.25) is 0 Å². The minimum Gasteiger partial charge on any atom is -0.394 e. The van der Waals surface area contributed by atoms with Crippen molar-refractivity contribution >= 4 is 11.8 Å². The molecule has 2 N–H and O–H groups in total. The monoisotopic (exact) mass is 250 g/mol. The summed E-state index contributed by atoms with van der Waals surface area (Å²) >= 11 is 0. The molecule has 1 aliphatic rings. The first kappa shape index (κ1) is 13.1. The molecular formula is C13H22N4O. The summed E-state index contributed by atoms with van der Waals surface area (Å²) in [5.74, 6) is 1.64. The molecule has 1 atom stereocenters. The quantitative estimate of drug-likeness (QED) is 0.830. The summed E-state index contributed by atoms with van der Waals surface area (Å²) < 4.78 is 0. The lowest BCUT2D eigenvalue weighted by atomic mass is 10.2. The van der Waals surface area contributed by atoms with Crippen LogP contribution < -0.4 is 10.2 Å². The van der Waals surface area contributed by atoms with E-state index in [0.29, 0.717) is 0 Å². The topological polar surface area (TPSA) is 61.3 Å². The summed E-state index contributed by atoms with van der Waals surface area (Å²) in [4.78, 5) is 11.1. The molecule has 0 saturated carbocycles. The van der Waals surface area contributed by atoms with E-state index in [4.69, 9.17) is 0 Å². The van der Waals surface area contributed by atoms with Gasteiger partial charge in [-0.15, -0.1) is 0 Å². The van der Waals surface area contributed by atoms with Gasteiger partial charge >= 0.3 is 0 Å². The summed E-state index contributed by atoms with van der Waals surface area (Å²) in [6.07, 6.45) is 5.04. The van der Waals surface area contributed by atoms with E-state index in [1.165, 1.54) is 0 Å². The summed E-state index contributed by atoms with van der Waals surface area (Å²) in [5, 5.41) is 12.7. The molecule has 100 valence electrons. The Morgan fingerprint density at radius 2 is 2.39 bits per heavy atom. The van der Waals surface area contributed by atoms with Crippen molar-refractivity contribution in [1.82, 2.24) is 9.97 Å². The molecule has 1 aliphatic heterocycles. The Balaban J connectivity index is 2.17. The first-order valence-electron chi connectivity index (χ1n) is 6.71. The van der Waals surface area contributed by atoms with Gasteiger partial charge in [-0.25, -0.2) is 4.98 Å². The second-order valence-corrected chi connectivity index (χ2v) is 4.80. The molecule has 1 fully saturated rings. The van der Waals surface area contributed by atoms with Crippen LogP contribution in [0.15, 0.2) is 6.20 Å². The third kappa shape index (κ3) is 2.72. The number of anilines is 2. The van der Waals surface area contributed by atoms with Crippen LogP contribution in [0.3, 0.4) is 0 Å². The highest BCUT2D eigenvalue weighted by atomic mass is 16.3. The third-order valence-electron chi connectivity index (χ3n) is 3.35. The molecule has 5 heteroatoms. The number of nitrogens with one attached hydrogen (secondary N) is 1. The largest absolute Gasteiger partial charge is 0.394 e. The number of aryl methyl sites for hydroxylation is 1. The Morgan fingerprint density at radius 3 is 3.11 bits per heavy atom. The molecule has 1 saturated heterocycles. The van der Waals surface area contributed by atoms with Crippen LogP contribution >= 0.6 is 0 Å². The van der Waals surface area contributed by atoms with Crippen molar-refractivity contribution in [3.63, 3.8) is 0 Å². The molecule has 2 rings (SSSR count). The van der Waals surface area contributed by atoms with Gasteiger partial charge < -0.3 is 15.3 Å². The summed E-state index contributed by atoms with van der Waals surface area (Å²) in [6.45, 7) is 6.17. The molecule has 5 nitrogen and oxygen atoms in total. The minimum atomic E-state index is 0.173. The Kier molecular flexibility index (Phi) is 4.36. The Labute approximate surface area is 108 Å². The van der Waals surface area contributed by atoms with E-state index in [0.717, 1.165) is 49.7 Å². The Bertz CT molecular complexity index is 397. The Morgan fingerprint density at radius 1 is 1.56 bits per heavy atom. The molecule has 0 aromatic carbocycles. The average molecular weight is 250 g/mol. The lowest BCUT2D eigenvalue weighted by molar-refractivity contribution is 0.265. The maximum atomic E-state index is 9.35. The van der Waals surface area contributed by atoms with Gasteiger partial charge in [0.25, 0.3) is 0 Å². The van der Waals surface area contributed by atoms with Crippen LogP contribution in [0.25, 0.3) is 0 Å². The van der Waals surface area contributed by atoms with Crippen LogP contribution in [0.4, 0.5) is 11.8 Å². The fourth-order valence-electron chi connectivity index (χ4n) is 2.28. The van der Waals surface area contributed by atoms with Crippen molar-refractivity contribution < 1.29 is 5.11 Å². The van der Waals surface area contributed by atoms with Crippen LogP contribution in [0.2, 0.25) is 0 Å². The van der Waals surface area contributed by atoms with Crippen LogP contribution in [0.5, 0.6) is 0 Å². The number of aliphatic hydroxyl groups excluding tert-OH is 1.